The third-order valence-corrected chi connectivity index (χ3v) is 5.44. The summed E-state index contributed by atoms with van der Waals surface area (Å²) in [7, 11) is 0. The van der Waals surface area contributed by atoms with Crippen molar-refractivity contribution in [1.82, 2.24) is 10.2 Å². The monoisotopic (exact) mass is 313 g/mol. The fourth-order valence-corrected chi connectivity index (χ4v) is 4.19. The van der Waals surface area contributed by atoms with Gasteiger partial charge < -0.3 is 10.6 Å². The van der Waals surface area contributed by atoms with Gasteiger partial charge in [0.25, 0.3) is 5.91 Å². The van der Waals surface area contributed by atoms with Gasteiger partial charge in [0.15, 0.2) is 0 Å². The van der Waals surface area contributed by atoms with Gasteiger partial charge in [0.2, 0.25) is 5.91 Å². The first-order chi connectivity index (χ1) is 11.2. The van der Waals surface area contributed by atoms with Gasteiger partial charge >= 0.3 is 0 Å². The van der Waals surface area contributed by atoms with Crippen LogP contribution in [0.3, 0.4) is 0 Å². The second-order valence-electron chi connectivity index (χ2n) is 6.89. The number of carbonyl (C=O) groups is 2. The Kier molecular flexibility index (Phi) is 3.81. The van der Waals surface area contributed by atoms with Crippen LogP contribution < -0.4 is 10.6 Å². The lowest BCUT2D eigenvalue weighted by atomic mass is 9.97. The van der Waals surface area contributed by atoms with E-state index in [-0.39, 0.29) is 17.9 Å². The lowest BCUT2D eigenvalue weighted by molar-refractivity contribution is -0.116. The Morgan fingerprint density at radius 2 is 2.09 bits per heavy atom. The number of rotatable bonds is 2. The molecule has 0 aromatic heterocycles. The summed E-state index contributed by atoms with van der Waals surface area (Å²) in [6, 6.07) is 6.39. The molecule has 2 N–H and O–H groups in total. The molecule has 5 nitrogen and oxygen atoms in total. The van der Waals surface area contributed by atoms with E-state index in [0.717, 1.165) is 24.2 Å². The van der Waals surface area contributed by atoms with Gasteiger partial charge in [0.1, 0.15) is 0 Å². The molecule has 0 radical (unpaired) electrons. The Labute approximate surface area is 136 Å². The zero-order chi connectivity index (χ0) is 15.8. The van der Waals surface area contributed by atoms with Crippen LogP contribution in [-0.2, 0) is 11.2 Å². The third-order valence-electron chi connectivity index (χ3n) is 5.44. The molecule has 0 bridgehead atoms. The number of benzene rings is 1. The molecule has 1 aromatic carbocycles. The van der Waals surface area contributed by atoms with E-state index in [9.17, 15) is 9.59 Å². The highest BCUT2D eigenvalue weighted by Gasteiger charge is 2.36. The molecule has 3 heterocycles. The minimum Gasteiger partial charge on any atom is -0.348 e. The number of anilines is 1. The van der Waals surface area contributed by atoms with Gasteiger partial charge in [-0.25, -0.2) is 0 Å². The Morgan fingerprint density at radius 3 is 3.00 bits per heavy atom. The molecular formula is C18H23N3O2. The zero-order valence-electron chi connectivity index (χ0n) is 13.3. The summed E-state index contributed by atoms with van der Waals surface area (Å²) >= 11 is 0. The van der Waals surface area contributed by atoms with Gasteiger partial charge in [0.05, 0.1) is 0 Å². The van der Waals surface area contributed by atoms with Gasteiger partial charge in [-0.15, -0.1) is 0 Å². The first-order valence-electron chi connectivity index (χ1n) is 8.68. The van der Waals surface area contributed by atoms with Crippen LogP contribution >= 0.6 is 0 Å². The summed E-state index contributed by atoms with van der Waals surface area (Å²) in [5, 5.41) is 6.10. The minimum atomic E-state index is 0.0159. The maximum absolute atomic E-state index is 12.6. The van der Waals surface area contributed by atoms with Gasteiger partial charge in [-0.05, 0) is 56.0 Å². The SMILES string of the molecule is O=C1CCc2cc(C(=O)N[C@H]3CCN4CCCC[C@@H]34)ccc2N1. The van der Waals surface area contributed by atoms with Crippen molar-refractivity contribution >= 4 is 17.5 Å². The third kappa shape index (κ3) is 2.85. The van der Waals surface area contributed by atoms with Crippen LogP contribution in [0.1, 0.15) is 48.0 Å². The summed E-state index contributed by atoms with van der Waals surface area (Å²) in [5.41, 5.74) is 2.61. The number of nitrogens with zero attached hydrogens (tertiary/aromatic N) is 1. The van der Waals surface area contributed by atoms with Crippen LogP contribution in [0.15, 0.2) is 18.2 Å². The number of hydrogen-bond donors (Lipinski definition) is 2. The fraction of sp³-hybridized carbons (Fsp3) is 0.556. The van der Waals surface area contributed by atoms with Crippen LogP contribution in [0.5, 0.6) is 0 Å². The predicted molar refractivity (Wildman–Crippen MR) is 88.5 cm³/mol. The highest BCUT2D eigenvalue weighted by atomic mass is 16.2. The van der Waals surface area contributed by atoms with E-state index < -0.39 is 0 Å². The zero-order valence-corrected chi connectivity index (χ0v) is 13.3. The van der Waals surface area contributed by atoms with Crippen molar-refractivity contribution in [3.63, 3.8) is 0 Å². The van der Waals surface area contributed by atoms with Gasteiger partial charge in [-0.1, -0.05) is 6.42 Å². The van der Waals surface area contributed by atoms with E-state index in [1.54, 1.807) is 0 Å². The molecule has 4 rings (SSSR count). The smallest absolute Gasteiger partial charge is 0.251 e. The molecule has 122 valence electrons. The number of carbonyl (C=O) groups excluding carboxylic acids is 2. The molecule has 23 heavy (non-hydrogen) atoms. The van der Waals surface area contributed by atoms with Crippen molar-refractivity contribution < 1.29 is 9.59 Å². The standard InChI is InChI=1S/C18H23N3O2/c22-17-7-5-12-11-13(4-6-14(12)19-17)18(23)20-15-8-10-21-9-2-1-3-16(15)21/h4,6,11,15-16H,1-3,5,7-10H2,(H,19,22)(H,20,23)/t15-,16-/m0/s1. The highest BCUT2D eigenvalue weighted by Crippen LogP contribution is 2.28. The van der Waals surface area contributed by atoms with Crippen molar-refractivity contribution in [2.75, 3.05) is 18.4 Å². The fourth-order valence-electron chi connectivity index (χ4n) is 4.19. The van der Waals surface area contributed by atoms with Crippen LogP contribution in [0.4, 0.5) is 5.69 Å². The molecule has 1 aromatic rings. The summed E-state index contributed by atoms with van der Waals surface area (Å²) in [6.45, 7) is 2.28. The van der Waals surface area contributed by atoms with E-state index in [2.05, 4.69) is 15.5 Å². The number of hydrogen-bond acceptors (Lipinski definition) is 3. The van der Waals surface area contributed by atoms with Crippen molar-refractivity contribution in [3.8, 4) is 0 Å². The lowest BCUT2D eigenvalue weighted by Crippen LogP contribution is -2.46. The van der Waals surface area contributed by atoms with Crippen molar-refractivity contribution in [2.45, 2.75) is 50.6 Å². The molecule has 3 aliphatic rings. The second-order valence-corrected chi connectivity index (χ2v) is 6.89. The maximum atomic E-state index is 12.6. The first-order valence-corrected chi connectivity index (χ1v) is 8.68. The molecule has 5 heteroatoms. The number of nitrogens with one attached hydrogen (secondary N) is 2. The van der Waals surface area contributed by atoms with Crippen LogP contribution in [0.2, 0.25) is 0 Å². The van der Waals surface area contributed by atoms with Gasteiger partial charge in [0, 0.05) is 36.3 Å². The van der Waals surface area contributed by atoms with E-state index in [1.165, 1.54) is 25.8 Å². The average molecular weight is 313 g/mol. The summed E-state index contributed by atoms with van der Waals surface area (Å²) in [5.74, 6) is 0.0696. The molecule has 2 amide bonds. The number of aryl methyl sites for hydroxylation is 1. The van der Waals surface area contributed by atoms with Crippen LogP contribution in [0.25, 0.3) is 0 Å². The Bertz CT molecular complexity index is 643. The normalized spacial score (nSPS) is 27.0. The van der Waals surface area contributed by atoms with Gasteiger partial charge in [-0.3, -0.25) is 14.5 Å². The largest absolute Gasteiger partial charge is 0.348 e. The molecule has 3 aliphatic heterocycles. The van der Waals surface area contributed by atoms with Crippen molar-refractivity contribution in [2.24, 2.45) is 0 Å². The summed E-state index contributed by atoms with van der Waals surface area (Å²) in [4.78, 5) is 26.5. The minimum absolute atomic E-state index is 0.0159. The molecule has 0 spiro atoms. The van der Waals surface area contributed by atoms with Crippen molar-refractivity contribution in [3.05, 3.63) is 29.3 Å². The second kappa shape index (κ2) is 5.96. The number of amides is 2. The summed E-state index contributed by atoms with van der Waals surface area (Å²) < 4.78 is 0. The van der Waals surface area contributed by atoms with Gasteiger partial charge in [-0.2, -0.15) is 0 Å². The predicted octanol–water partition coefficient (Wildman–Crippen LogP) is 1.93. The molecule has 0 unspecified atom stereocenters. The molecule has 0 saturated carbocycles. The average Bonchev–Trinajstić information content (AvgIpc) is 2.97. The summed E-state index contributed by atoms with van der Waals surface area (Å²) in [6.07, 6.45) is 6.01. The number of piperidine rings is 1. The van der Waals surface area contributed by atoms with E-state index in [0.29, 0.717) is 24.4 Å². The van der Waals surface area contributed by atoms with E-state index in [1.807, 2.05) is 18.2 Å². The van der Waals surface area contributed by atoms with E-state index in [4.69, 9.17) is 0 Å². The molecular weight excluding hydrogens is 290 g/mol. The molecule has 2 fully saturated rings. The molecule has 2 atom stereocenters. The van der Waals surface area contributed by atoms with E-state index >= 15 is 0 Å². The Balaban J connectivity index is 1.46. The van der Waals surface area contributed by atoms with Crippen LogP contribution in [-0.4, -0.2) is 41.9 Å². The van der Waals surface area contributed by atoms with Crippen LogP contribution in [0, 0.1) is 0 Å². The maximum Gasteiger partial charge on any atom is 0.251 e. The number of fused-ring (bicyclic) bond motifs is 2. The quantitative estimate of drug-likeness (QED) is 0.877. The highest BCUT2D eigenvalue weighted by molar-refractivity contribution is 5.98. The Hall–Kier alpha value is -1.88. The van der Waals surface area contributed by atoms with Crippen molar-refractivity contribution in [1.29, 1.82) is 0 Å². The lowest BCUT2D eigenvalue weighted by Gasteiger charge is -2.32. The molecule has 2 saturated heterocycles. The first kappa shape index (κ1) is 14.7. The Morgan fingerprint density at radius 1 is 1.17 bits per heavy atom. The molecule has 0 aliphatic carbocycles. The topological polar surface area (TPSA) is 61.4 Å².